The second kappa shape index (κ2) is 6.58. The molecule has 6 heteroatoms. The molecule has 2 rings (SSSR count). The zero-order chi connectivity index (χ0) is 15.3. The summed E-state index contributed by atoms with van der Waals surface area (Å²) < 4.78 is 46.3. The number of hydrogen-bond donors (Lipinski definition) is 0. The van der Waals surface area contributed by atoms with Gasteiger partial charge in [0.05, 0.1) is 4.90 Å². The van der Waals surface area contributed by atoms with Crippen molar-refractivity contribution in [3.8, 4) is 11.5 Å². The molecule has 0 aliphatic heterocycles. The predicted molar refractivity (Wildman–Crippen MR) is 76.9 cm³/mol. The molecular weight excluding hydrogens is 295 g/mol. The molecule has 0 N–H and O–H groups in total. The highest BCUT2D eigenvalue weighted by Crippen LogP contribution is 2.17. The van der Waals surface area contributed by atoms with Gasteiger partial charge in [0.1, 0.15) is 30.5 Å². The van der Waals surface area contributed by atoms with E-state index in [1.54, 1.807) is 12.1 Å². The van der Waals surface area contributed by atoms with Crippen LogP contribution in [0.5, 0.6) is 11.5 Å². The highest BCUT2D eigenvalue weighted by Gasteiger charge is 2.07. The van der Waals surface area contributed by atoms with Gasteiger partial charge in [-0.2, -0.15) is 0 Å². The number of benzene rings is 2. The zero-order valence-corrected chi connectivity index (χ0v) is 12.3. The van der Waals surface area contributed by atoms with E-state index in [2.05, 4.69) is 0 Å². The number of sulfone groups is 1. The number of rotatable bonds is 6. The number of hydrogen-bond acceptors (Lipinski definition) is 4. The molecule has 0 aliphatic carbocycles. The lowest BCUT2D eigenvalue weighted by atomic mass is 10.3. The molecular formula is C15H15FO4S. The van der Waals surface area contributed by atoms with Crippen molar-refractivity contribution in [2.75, 3.05) is 19.5 Å². The van der Waals surface area contributed by atoms with E-state index < -0.39 is 9.84 Å². The van der Waals surface area contributed by atoms with E-state index in [-0.39, 0.29) is 23.9 Å². The molecule has 0 bridgehead atoms. The monoisotopic (exact) mass is 310 g/mol. The molecule has 0 aromatic heterocycles. The van der Waals surface area contributed by atoms with Gasteiger partial charge in [0, 0.05) is 6.26 Å². The van der Waals surface area contributed by atoms with Gasteiger partial charge in [0.25, 0.3) is 0 Å². The van der Waals surface area contributed by atoms with Crippen molar-refractivity contribution in [3.05, 3.63) is 54.3 Å². The second-order valence-corrected chi connectivity index (χ2v) is 6.41. The van der Waals surface area contributed by atoms with Gasteiger partial charge in [-0.15, -0.1) is 0 Å². The minimum atomic E-state index is -3.25. The summed E-state index contributed by atoms with van der Waals surface area (Å²) in [4.78, 5) is 0.208. The third-order valence-corrected chi connectivity index (χ3v) is 3.78. The van der Waals surface area contributed by atoms with Crippen LogP contribution in [0.4, 0.5) is 4.39 Å². The standard InChI is InChI=1S/C15H15FO4S/c1-21(17,18)15-4-2-3-14(11-15)20-10-9-19-13-7-5-12(16)6-8-13/h2-8,11H,9-10H2,1H3. The highest BCUT2D eigenvalue weighted by atomic mass is 32.2. The Hall–Kier alpha value is -2.08. The van der Waals surface area contributed by atoms with Crippen molar-refractivity contribution < 1.29 is 22.3 Å². The first-order chi connectivity index (χ1) is 9.95. The van der Waals surface area contributed by atoms with Crippen LogP contribution in [-0.2, 0) is 9.84 Å². The van der Waals surface area contributed by atoms with E-state index in [1.807, 2.05) is 0 Å². The van der Waals surface area contributed by atoms with Crippen LogP contribution in [-0.4, -0.2) is 27.9 Å². The summed E-state index contributed by atoms with van der Waals surface area (Å²) in [6, 6.07) is 11.9. The Labute approximate surface area is 123 Å². The maximum atomic E-state index is 12.7. The number of ether oxygens (including phenoxy) is 2. The molecule has 0 radical (unpaired) electrons. The fourth-order valence-corrected chi connectivity index (χ4v) is 2.30. The highest BCUT2D eigenvalue weighted by molar-refractivity contribution is 7.90. The maximum Gasteiger partial charge on any atom is 0.175 e. The quantitative estimate of drug-likeness (QED) is 0.770. The van der Waals surface area contributed by atoms with Gasteiger partial charge in [0.2, 0.25) is 0 Å². The fourth-order valence-electron chi connectivity index (χ4n) is 1.64. The Bertz CT molecular complexity index is 696. The van der Waals surface area contributed by atoms with Gasteiger partial charge in [-0.05, 0) is 42.5 Å². The van der Waals surface area contributed by atoms with Crippen molar-refractivity contribution in [1.29, 1.82) is 0 Å². The fraction of sp³-hybridized carbons (Fsp3) is 0.200. The van der Waals surface area contributed by atoms with Crippen molar-refractivity contribution >= 4 is 9.84 Å². The Kier molecular flexibility index (Phi) is 4.80. The van der Waals surface area contributed by atoms with Gasteiger partial charge < -0.3 is 9.47 Å². The third-order valence-electron chi connectivity index (χ3n) is 2.67. The zero-order valence-electron chi connectivity index (χ0n) is 11.5. The first-order valence-electron chi connectivity index (χ1n) is 6.26. The van der Waals surface area contributed by atoms with Crippen molar-refractivity contribution in [3.63, 3.8) is 0 Å². The van der Waals surface area contributed by atoms with Gasteiger partial charge >= 0.3 is 0 Å². The molecule has 0 spiro atoms. The summed E-state index contributed by atoms with van der Waals surface area (Å²) in [6.07, 6.45) is 1.14. The van der Waals surface area contributed by atoms with Crippen LogP contribution in [0.25, 0.3) is 0 Å². The van der Waals surface area contributed by atoms with Crippen LogP contribution >= 0.6 is 0 Å². The molecule has 0 amide bonds. The van der Waals surface area contributed by atoms with E-state index in [0.29, 0.717) is 11.5 Å². The average Bonchev–Trinajstić information content (AvgIpc) is 2.45. The van der Waals surface area contributed by atoms with E-state index in [4.69, 9.17) is 9.47 Å². The van der Waals surface area contributed by atoms with E-state index in [1.165, 1.54) is 36.4 Å². The van der Waals surface area contributed by atoms with Gasteiger partial charge in [-0.1, -0.05) is 6.07 Å². The van der Waals surface area contributed by atoms with Crippen LogP contribution in [0.15, 0.2) is 53.4 Å². The lowest BCUT2D eigenvalue weighted by Gasteiger charge is -2.09. The van der Waals surface area contributed by atoms with E-state index >= 15 is 0 Å². The van der Waals surface area contributed by atoms with Gasteiger partial charge in [-0.25, -0.2) is 12.8 Å². The Morgan fingerprint density at radius 3 is 2.19 bits per heavy atom. The molecule has 0 aliphatic rings. The maximum absolute atomic E-state index is 12.7. The lowest BCUT2D eigenvalue weighted by molar-refractivity contribution is 0.216. The summed E-state index contributed by atoms with van der Waals surface area (Å²) in [7, 11) is -3.25. The van der Waals surface area contributed by atoms with Gasteiger partial charge in [0.15, 0.2) is 9.84 Å². The van der Waals surface area contributed by atoms with Crippen molar-refractivity contribution in [2.45, 2.75) is 4.90 Å². The summed E-state index contributed by atoms with van der Waals surface area (Å²) in [5.74, 6) is 0.682. The summed E-state index contributed by atoms with van der Waals surface area (Å²) in [5.41, 5.74) is 0. The summed E-state index contributed by atoms with van der Waals surface area (Å²) >= 11 is 0. The molecule has 0 atom stereocenters. The molecule has 112 valence electrons. The molecule has 0 fully saturated rings. The van der Waals surface area contributed by atoms with Crippen molar-refractivity contribution in [1.82, 2.24) is 0 Å². The molecule has 0 saturated carbocycles. The molecule has 21 heavy (non-hydrogen) atoms. The predicted octanol–water partition coefficient (Wildman–Crippen LogP) is 2.69. The second-order valence-electron chi connectivity index (χ2n) is 4.40. The normalized spacial score (nSPS) is 11.1. The SMILES string of the molecule is CS(=O)(=O)c1cccc(OCCOc2ccc(F)cc2)c1. The van der Waals surface area contributed by atoms with Crippen LogP contribution in [0.1, 0.15) is 0 Å². The number of halogens is 1. The lowest BCUT2D eigenvalue weighted by Crippen LogP contribution is -2.09. The van der Waals surface area contributed by atoms with Crippen LogP contribution in [0, 0.1) is 5.82 Å². The third kappa shape index (κ3) is 4.75. The van der Waals surface area contributed by atoms with E-state index in [9.17, 15) is 12.8 Å². The Morgan fingerprint density at radius 2 is 1.57 bits per heavy atom. The van der Waals surface area contributed by atoms with Crippen LogP contribution in [0.3, 0.4) is 0 Å². The smallest absolute Gasteiger partial charge is 0.175 e. The minimum absolute atomic E-state index is 0.208. The summed E-state index contributed by atoms with van der Waals surface area (Å²) in [5, 5.41) is 0. The summed E-state index contributed by atoms with van der Waals surface area (Å²) in [6.45, 7) is 0.527. The Balaban J connectivity index is 1.85. The molecule has 4 nitrogen and oxygen atoms in total. The van der Waals surface area contributed by atoms with Gasteiger partial charge in [-0.3, -0.25) is 0 Å². The molecule has 0 saturated heterocycles. The van der Waals surface area contributed by atoms with Crippen LogP contribution < -0.4 is 9.47 Å². The molecule has 0 unspecified atom stereocenters. The van der Waals surface area contributed by atoms with Crippen molar-refractivity contribution in [2.24, 2.45) is 0 Å². The topological polar surface area (TPSA) is 52.6 Å². The van der Waals surface area contributed by atoms with Crippen LogP contribution in [0.2, 0.25) is 0 Å². The molecule has 2 aromatic carbocycles. The molecule has 0 heterocycles. The minimum Gasteiger partial charge on any atom is -0.490 e. The first-order valence-corrected chi connectivity index (χ1v) is 8.15. The Morgan fingerprint density at radius 1 is 0.952 bits per heavy atom. The first kappa shape index (κ1) is 15.3. The van der Waals surface area contributed by atoms with E-state index in [0.717, 1.165) is 6.26 Å². The molecule has 2 aromatic rings. The average molecular weight is 310 g/mol. The largest absolute Gasteiger partial charge is 0.490 e.